The molecule has 0 atom stereocenters. The molecule has 2 fully saturated rings. The first-order valence-corrected chi connectivity index (χ1v) is 9.99. The van der Waals surface area contributed by atoms with Crippen LogP contribution in [0.5, 0.6) is 0 Å². The van der Waals surface area contributed by atoms with E-state index in [9.17, 15) is 9.59 Å². The molecule has 2 heterocycles. The van der Waals surface area contributed by atoms with E-state index in [0.29, 0.717) is 24.3 Å². The van der Waals surface area contributed by atoms with E-state index >= 15 is 0 Å². The van der Waals surface area contributed by atoms with E-state index in [2.05, 4.69) is 15.6 Å². The molecular weight excluding hydrogens is 322 g/mol. The van der Waals surface area contributed by atoms with Crippen molar-refractivity contribution in [3.63, 3.8) is 0 Å². The molecule has 2 amide bonds. The Morgan fingerprint density at radius 2 is 1.96 bits per heavy atom. The summed E-state index contributed by atoms with van der Waals surface area (Å²) in [4.78, 5) is 30.2. The summed E-state index contributed by atoms with van der Waals surface area (Å²) in [5.41, 5.74) is 1.06. The van der Waals surface area contributed by atoms with Crippen LogP contribution in [0.15, 0.2) is 5.38 Å². The first-order chi connectivity index (χ1) is 11.6. The second kappa shape index (κ2) is 8.10. The van der Waals surface area contributed by atoms with E-state index in [0.717, 1.165) is 50.9 Å². The zero-order valence-corrected chi connectivity index (χ0v) is 15.2. The predicted octanol–water partition coefficient (Wildman–Crippen LogP) is 2.72. The number of rotatable bonds is 5. The molecule has 6 heteroatoms. The quantitative estimate of drug-likeness (QED) is 0.889. The van der Waals surface area contributed by atoms with E-state index in [1.165, 1.54) is 24.8 Å². The lowest BCUT2D eigenvalue weighted by atomic mass is 9.96. The maximum atomic E-state index is 12.5. The van der Waals surface area contributed by atoms with Crippen molar-refractivity contribution in [2.24, 2.45) is 5.92 Å². The number of hydrogen-bond donors (Lipinski definition) is 1. The number of piperidine rings is 1. The number of amides is 2. The van der Waals surface area contributed by atoms with Crippen molar-refractivity contribution in [2.45, 2.75) is 57.8 Å². The molecule has 1 saturated carbocycles. The molecule has 24 heavy (non-hydrogen) atoms. The number of likely N-dealkylation sites (tertiary alicyclic amines) is 1. The Morgan fingerprint density at radius 3 is 2.62 bits per heavy atom. The molecule has 0 unspecified atom stereocenters. The van der Waals surface area contributed by atoms with Gasteiger partial charge in [-0.25, -0.2) is 4.98 Å². The molecule has 5 nitrogen and oxygen atoms in total. The number of carbonyl (C=O) groups is 2. The van der Waals surface area contributed by atoms with Crippen molar-refractivity contribution < 1.29 is 9.59 Å². The number of nitrogens with one attached hydrogen (secondary N) is 1. The van der Waals surface area contributed by atoms with Gasteiger partial charge in [-0.15, -0.1) is 11.3 Å². The Labute approximate surface area is 147 Å². The van der Waals surface area contributed by atoms with Crippen molar-refractivity contribution >= 4 is 23.2 Å². The van der Waals surface area contributed by atoms with Crippen LogP contribution in [0.3, 0.4) is 0 Å². The van der Waals surface area contributed by atoms with Crippen molar-refractivity contribution in [1.29, 1.82) is 0 Å². The molecule has 1 aromatic rings. The summed E-state index contributed by atoms with van der Waals surface area (Å²) in [6.45, 7) is 3.93. The molecule has 1 N–H and O–H groups in total. The Balaban J connectivity index is 1.47. The minimum Gasteiger partial charge on any atom is -0.356 e. The zero-order valence-electron chi connectivity index (χ0n) is 14.4. The average Bonchev–Trinajstić information content (AvgIpc) is 3.26. The van der Waals surface area contributed by atoms with E-state index < -0.39 is 0 Å². The van der Waals surface area contributed by atoms with Gasteiger partial charge in [-0.3, -0.25) is 9.59 Å². The van der Waals surface area contributed by atoms with Gasteiger partial charge in [-0.05, 0) is 25.7 Å². The highest BCUT2D eigenvalue weighted by Crippen LogP contribution is 2.33. The van der Waals surface area contributed by atoms with Crippen LogP contribution in [0.4, 0.5) is 0 Å². The molecule has 0 aromatic carbocycles. The Morgan fingerprint density at radius 1 is 1.25 bits per heavy atom. The van der Waals surface area contributed by atoms with Crippen LogP contribution in [-0.4, -0.2) is 41.3 Å². The van der Waals surface area contributed by atoms with Crippen LogP contribution in [-0.2, 0) is 16.0 Å². The first kappa shape index (κ1) is 17.4. The van der Waals surface area contributed by atoms with Gasteiger partial charge in [0.25, 0.3) is 0 Å². The second-order valence-corrected chi connectivity index (χ2v) is 7.88. The highest BCUT2D eigenvalue weighted by molar-refractivity contribution is 7.09. The van der Waals surface area contributed by atoms with Gasteiger partial charge in [-0.2, -0.15) is 0 Å². The molecular formula is C18H27N3O2S. The molecule has 0 radical (unpaired) electrons. The molecule has 0 spiro atoms. The lowest BCUT2D eigenvalue weighted by Gasteiger charge is -2.32. The normalized spacial score (nSPS) is 19.6. The lowest BCUT2D eigenvalue weighted by Crippen LogP contribution is -2.40. The summed E-state index contributed by atoms with van der Waals surface area (Å²) in [6, 6.07) is 0. The van der Waals surface area contributed by atoms with Crippen LogP contribution in [0.2, 0.25) is 0 Å². The molecule has 1 saturated heterocycles. The molecule has 1 aliphatic heterocycles. The van der Waals surface area contributed by atoms with Gasteiger partial charge in [0.15, 0.2) is 0 Å². The number of nitrogens with zero attached hydrogens (tertiary/aromatic N) is 2. The second-order valence-electron chi connectivity index (χ2n) is 6.99. The summed E-state index contributed by atoms with van der Waals surface area (Å²) in [7, 11) is 0. The Hall–Kier alpha value is -1.43. The fraction of sp³-hybridized carbons (Fsp3) is 0.722. The molecule has 0 bridgehead atoms. The van der Waals surface area contributed by atoms with Crippen molar-refractivity contribution in [1.82, 2.24) is 15.2 Å². The molecule has 1 aliphatic carbocycles. The standard InChI is InChI=1S/C18H27N3O2S/c1-13(22)19-9-6-16-12-24-17(20-16)14-7-10-21(11-8-14)18(23)15-4-2-3-5-15/h12,14-15H,2-11H2,1H3,(H,19,22). The third kappa shape index (κ3) is 4.35. The SMILES string of the molecule is CC(=O)NCCc1csc(C2CCN(C(=O)C3CCCC3)CC2)n1. The summed E-state index contributed by atoms with van der Waals surface area (Å²) in [5.74, 6) is 1.17. The van der Waals surface area contributed by atoms with Crippen LogP contribution < -0.4 is 5.32 Å². The van der Waals surface area contributed by atoms with Crippen molar-refractivity contribution in [2.75, 3.05) is 19.6 Å². The molecule has 1 aromatic heterocycles. The van der Waals surface area contributed by atoms with E-state index in [1.54, 1.807) is 11.3 Å². The van der Waals surface area contributed by atoms with Crippen molar-refractivity contribution in [3.8, 4) is 0 Å². The van der Waals surface area contributed by atoms with Crippen LogP contribution in [0.1, 0.15) is 62.1 Å². The summed E-state index contributed by atoms with van der Waals surface area (Å²) < 4.78 is 0. The number of aromatic nitrogens is 1. The van der Waals surface area contributed by atoms with Gasteiger partial charge in [0.2, 0.25) is 11.8 Å². The number of hydrogen-bond acceptors (Lipinski definition) is 4. The van der Waals surface area contributed by atoms with Gasteiger partial charge in [0.1, 0.15) is 0 Å². The largest absolute Gasteiger partial charge is 0.356 e. The van der Waals surface area contributed by atoms with Crippen molar-refractivity contribution in [3.05, 3.63) is 16.1 Å². The fourth-order valence-electron chi connectivity index (χ4n) is 3.77. The van der Waals surface area contributed by atoms with Gasteiger partial charge in [-0.1, -0.05) is 12.8 Å². The van der Waals surface area contributed by atoms with E-state index in [1.807, 2.05) is 0 Å². The number of thiazole rings is 1. The Kier molecular flexibility index (Phi) is 5.87. The number of carbonyl (C=O) groups excluding carboxylic acids is 2. The molecule has 132 valence electrons. The van der Waals surface area contributed by atoms with Crippen LogP contribution in [0.25, 0.3) is 0 Å². The fourth-order valence-corrected chi connectivity index (χ4v) is 4.79. The zero-order chi connectivity index (χ0) is 16.9. The van der Waals surface area contributed by atoms with Crippen LogP contribution >= 0.6 is 11.3 Å². The molecule has 3 rings (SSSR count). The third-order valence-corrected chi connectivity index (χ3v) is 6.24. The van der Waals surface area contributed by atoms with Gasteiger partial charge >= 0.3 is 0 Å². The lowest BCUT2D eigenvalue weighted by molar-refractivity contribution is -0.136. The Bertz CT molecular complexity index is 573. The van der Waals surface area contributed by atoms with E-state index in [4.69, 9.17) is 4.98 Å². The van der Waals surface area contributed by atoms with Gasteiger partial charge in [0.05, 0.1) is 10.7 Å². The highest BCUT2D eigenvalue weighted by atomic mass is 32.1. The van der Waals surface area contributed by atoms with E-state index in [-0.39, 0.29) is 5.91 Å². The van der Waals surface area contributed by atoms with Crippen LogP contribution in [0, 0.1) is 5.92 Å². The average molecular weight is 350 g/mol. The summed E-state index contributed by atoms with van der Waals surface area (Å²) in [5, 5.41) is 6.11. The summed E-state index contributed by atoms with van der Waals surface area (Å²) in [6.07, 6.45) is 7.44. The minimum atomic E-state index is 0.00440. The van der Waals surface area contributed by atoms with Gasteiger partial charge < -0.3 is 10.2 Å². The van der Waals surface area contributed by atoms with Gasteiger partial charge in [0, 0.05) is 50.2 Å². The highest BCUT2D eigenvalue weighted by Gasteiger charge is 2.31. The maximum Gasteiger partial charge on any atom is 0.225 e. The first-order valence-electron chi connectivity index (χ1n) is 9.11. The predicted molar refractivity (Wildman–Crippen MR) is 95.0 cm³/mol. The molecule has 2 aliphatic rings. The smallest absolute Gasteiger partial charge is 0.225 e. The maximum absolute atomic E-state index is 12.5. The third-order valence-electron chi connectivity index (χ3n) is 5.18. The monoisotopic (exact) mass is 349 g/mol. The topological polar surface area (TPSA) is 62.3 Å². The minimum absolute atomic E-state index is 0.00440. The summed E-state index contributed by atoms with van der Waals surface area (Å²) >= 11 is 1.72.